The van der Waals surface area contributed by atoms with Crippen LogP contribution in [0.2, 0.25) is 0 Å². The molecule has 2 fully saturated rings. The van der Waals surface area contributed by atoms with E-state index < -0.39 is 28.6 Å². The van der Waals surface area contributed by atoms with E-state index in [0.717, 1.165) is 12.8 Å². The number of benzene rings is 1. The molecule has 2 saturated carbocycles. The zero-order chi connectivity index (χ0) is 21.4. The zero-order valence-corrected chi connectivity index (χ0v) is 17.6. The SMILES string of the molecule is C[C@H]1CC[C@@H]2C(C)(C)[C@@H](O)[C@H](O)C[C@]2(C)[C@@]12Cc1c(O)cc(CO)c(C=O)c1O2. The molecule has 1 aromatic rings. The number of hydrogen-bond donors (Lipinski definition) is 4. The van der Waals surface area contributed by atoms with Gasteiger partial charge in [0.05, 0.1) is 24.4 Å². The Morgan fingerprint density at radius 3 is 2.55 bits per heavy atom. The Hall–Kier alpha value is -1.63. The smallest absolute Gasteiger partial charge is 0.154 e. The van der Waals surface area contributed by atoms with Crippen LogP contribution in [0, 0.1) is 22.7 Å². The summed E-state index contributed by atoms with van der Waals surface area (Å²) in [7, 11) is 0. The second-order valence-corrected chi connectivity index (χ2v) is 10.2. The fourth-order valence-corrected chi connectivity index (χ4v) is 6.96. The number of aldehydes is 1. The van der Waals surface area contributed by atoms with E-state index in [4.69, 9.17) is 4.74 Å². The van der Waals surface area contributed by atoms with Gasteiger partial charge in [-0.3, -0.25) is 4.79 Å². The molecule has 1 aromatic carbocycles. The summed E-state index contributed by atoms with van der Waals surface area (Å²) in [5, 5.41) is 41.8. The number of aromatic hydroxyl groups is 1. The summed E-state index contributed by atoms with van der Waals surface area (Å²) in [5.41, 5.74) is -0.443. The number of rotatable bonds is 2. The normalized spacial score (nSPS) is 40.2. The van der Waals surface area contributed by atoms with Crippen molar-refractivity contribution < 1.29 is 30.0 Å². The maximum absolute atomic E-state index is 11.8. The van der Waals surface area contributed by atoms with Crippen LogP contribution in [-0.2, 0) is 13.0 Å². The molecule has 1 aliphatic heterocycles. The van der Waals surface area contributed by atoms with E-state index in [1.54, 1.807) is 0 Å². The Morgan fingerprint density at radius 2 is 1.93 bits per heavy atom. The van der Waals surface area contributed by atoms with E-state index in [9.17, 15) is 25.2 Å². The predicted octanol–water partition coefficient (Wildman–Crippen LogP) is 2.57. The maximum atomic E-state index is 11.8. The van der Waals surface area contributed by atoms with Crippen LogP contribution in [0.15, 0.2) is 6.07 Å². The van der Waals surface area contributed by atoms with Crippen LogP contribution in [0.3, 0.4) is 0 Å². The minimum atomic E-state index is -0.868. The highest BCUT2D eigenvalue weighted by Gasteiger charge is 2.68. The number of carbonyl (C=O) groups is 1. The third-order valence-corrected chi connectivity index (χ3v) is 8.57. The molecule has 160 valence electrons. The Bertz CT molecular complexity index is 848. The van der Waals surface area contributed by atoms with Crippen LogP contribution in [0.4, 0.5) is 0 Å². The van der Waals surface area contributed by atoms with Crippen LogP contribution < -0.4 is 4.74 Å². The summed E-state index contributed by atoms with van der Waals surface area (Å²) < 4.78 is 6.65. The number of phenolic OH excluding ortho intramolecular Hbond substituents is 1. The van der Waals surface area contributed by atoms with E-state index >= 15 is 0 Å². The molecule has 6 heteroatoms. The summed E-state index contributed by atoms with van der Waals surface area (Å²) in [5.74, 6) is 0.625. The van der Waals surface area contributed by atoms with Crippen molar-refractivity contribution >= 4 is 6.29 Å². The van der Waals surface area contributed by atoms with Crippen molar-refractivity contribution in [2.45, 2.75) is 77.8 Å². The van der Waals surface area contributed by atoms with Gasteiger partial charge in [-0.15, -0.1) is 0 Å². The van der Waals surface area contributed by atoms with E-state index in [1.165, 1.54) is 6.07 Å². The summed E-state index contributed by atoms with van der Waals surface area (Å²) in [6, 6.07) is 1.45. The van der Waals surface area contributed by atoms with Crippen molar-refractivity contribution in [2.24, 2.45) is 22.7 Å². The lowest BCUT2D eigenvalue weighted by Gasteiger charge is -2.64. The van der Waals surface area contributed by atoms with Crippen LogP contribution >= 0.6 is 0 Å². The maximum Gasteiger partial charge on any atom is 0.154 e. The molecule has 1 spiro atoms. The first-order chi connectivity index (χ1) is 13.5. The van der Waals surface area contributed by atoms with Crippen molar-refractivity contribution in [2.75, 3.05) is 0 Å². The topological polar surface area (TPSA) is 107 Å². The fourth-order valence-electron chi connectivity index (χ4n) is 6.96. The number of carbonyl (C=O) groups excluding carboxylic acids is 1. The third kappa shape index (κ3) is 2.49. The van der Waals surface area contributed by atoms with Crippen molar-refractivity contribution in [3.8, 4) is 11.5 Å². The van der Waals surface area contributed by atoms with Crippen LogP contribution in [0.1, 0.15) is 68.4 Å². The molecular formula is C23H32O6. The molecule has 0 aromatic heterocycles. The Morgan fingerprint density at radius 1 is 1.24 bits per heavy atom. The Balaban J connectivity index is 1.89. The molecule has 0 bridgehead atoms. The van der Waals surface area contributed by atoms with Crippen LogP contribution in [0.25, 0.3) is 0 Å². The Kier molecular flexibility index (Phi) is 4.58. The summed E-state index contributed by atoms with van der Waals surface area (Å²) in [4.78, 5) is 11.8. The first kappa shape index (κ1) is 20.6. The number of hydrogen-bond acceptors (Lipinski definition) is 6. The molecule has 0 amide bonds. The number of phenols is 1. The van der Waals surface area contributed by atoms with Gasteiger partial charge >= 0.3 is 0 Å². The van der Waals surface area contributed by atoms with Crippen molar-refractivity contribution in [3.63, 3.8) is 0 Å². The van der Waals surface area contributed by atoms with Gasteiger partial charge in [-0.2, -0.15) is 0 Å². The molecule has 6 atom stereocenters. The molecule has 0 unspecified atom stereocenters. The highest BCUT2D eigenvalue weighted by Crippen LogP contribution is 2.66. The molecule has 3 aliphatic rings. The van der Waals surface area contributed by atoms with Crippen molar-refractivity contribution in [3.05, 3.63) is 22.8 Å². The van der Waals surface area contributed by atoms with Crippen molar-refractivity contribution in [1.82, 2.24) is 0 Å². The van der Waals surface area contributed by atoms with Gasteiger partial charge in [-0.25, -0.2) is 0 Å². The number of aliphatic hydroxyl groups is 3. The first-order valence-electron chi connectivity index (χ1n) is 10.5. The second kappa shape index (κ2) is 6.43. The average molecular weight is 405 g/mol. The highest BCUT2D eigenvalue weighted by atomic mass is 16.5. The van der Waals surface area contributed by atoms with Crippen LogP contribution in [0.5, 0.6) is 11.5 Å². The van der Waals surface area contributed by atoms with Gasteiger partial charge in [0, 0.05) is 17.4 Å². The third-order valence-electron chi connectivity index (χ3n) is 8.57. The second-order valence-electron chi connectivity index (χ2n) is 10.2. The first-order valence-corrected chi connectivity index (χ1v) is 10.5. The minimum Gasteiger partial charge on any atom is -0.508 e. The van der Waals surface area contributed by atoms with Crippen LogP contribution in [-0.4, -0.2) is 44.5 Å². The molecule has 0 radical (unpaired) electrons. The Labute approximate surface area is 171 Å². The highest BCUT2D eigenvalue weighted by molar-refractivity contribution is 5.84. The molecule has 6 nitrogen and oxygen atoms in total. The lowest BCUT2D eigenvalue weighted by molar-refractivity contribution is -0.240. The van der Waals surface area contributed by atoms with Gasteiger partial charge in [0.15, 0.2) is 6.29 Å². The number of aliphatic hydroxyl groups excluding tert-OH is 3. The molecule has 29 heavy (non-hydrogen) atoms. The van der Waals surface area contributed by atoms with E-state index in [2.05, 4.69) is 13.8 Å². The minimum absolute atomic E-state index is 0.0279. The van der Waals surface area contributed by atoms with Gasteiger partial charge in [0.2, 0.25) is 0 Å². The van der Waals surface area contributed by atoms with Gasteiger partial charge < -0.3 is 25.2 Å². The molecule has 0 saturated heterocycles. The standard InChI is InChI=1S/C23H32O6/c1-12-5-6-18-21(2,3)20(28)17(27)9-22(18,4)23(12)8-14-16(26)7-13(10-24)15(11-25)19(14)29-23/h7,11-12,17-18,20,24,26-28H,5-6,8-10H2,1-4H3/t12-,17+,18+,20-,22-,23+/m0/s1. The lowest BCUT2D eigenvalue weighted by atomic mass is 9.43. The molecular weight excluding hydrogens is 372 g/mol. The molecule has 4 N–H and O–H groups in total. The van der Waals surface area contributed by atoms with Gasteiger partial charge in [0.25, 0.3) is 0 Å². The molecule has 2 aliphatic carbocycles. The molecule has 1 heterocycles. The zero-order valence-electron chi connectivity index (χ0n) is 17.6. The van der Waals surface area contributed by atoms with E-state index in [-0.39, 0.29) is 29.8 Å². The largest absolute Gasteiger partial charge is 0.508 e. The predicted molar refractivity (Wildman–Crippen MR) is 107 cm³/mol. The summed E-state index contributed by atoms with van der Waals surface area (Å²) in [6.45, 7) is 7.90. The van der Waals surface area contributed by atoms with Gasteiger partial charge in [-0.05, 0) is 48.1 Å². The quantitative estimate of drug-likeness (QED) is 0.565. The lowest BCUT2D eigenvalue weighted by Crippen LogP contribution is -2.69. The monoisotopic (exact) mass is 404 g/mol. The van der Waals surface area contributed by atoms with Gasteiger partial charge in [-0.1, -0.05) is 27.7 Å². The fraction of sp³-hybridized carbons (Fsp3) is 0.696. The van der Waals surface area contributed by atoms with E-state index in [0.29, 0.717) is 36.0 Å². The van der Waals surface area contributed by atoms with E-state index in [1.807, 2.05) is 13.8 Å². The summed E-state index contributed by atoms with van der Waals surface area (Å²) in [6.07, 6.45) is 1.65. The average Bonchev–Trinajstić information content (AvgIpc) is 3.07. The molecule has 4 rings (SSSR count). The number of fused-ring (bicyclic) bond motifs is 3. The summed E-state index contributed by atoms with van der Waals surface area (Å²) >= 11 is 0. The van der Waals surface area contributed by atoms with Gasteiger partial charge in [0.1, 0.15) is 17.1 Å². The van der Waals surface area contributed by atoms with Crippen molar-refractivity contribution in [1.29, 1.82) is 0 Å². The number of ether oxygens (including phenoxy) is 1.